The highest BCUT2D eigenvalue weighted by molar-refractivity contribution is 9.10. The SMILES string of the molecule is O=C(OC[C@H]1[C@H](COC(=O)c2ccc(Br)cc2)C1(Cl)Cl)c1ccc(Br)cc1. The van der Waals surface area contributed by atoms with Gasteiger partial charge < -0.3 is 9.47 Å². The van der Waals surface area contributed by atoms with Crippen molar-refractivity contribution >= 4 is 67.0 Å². The Bertz CT molecular complexity index is 768. The van der Waals surface area contributed by atoms with Gasteiger partial charge >= 0.3 is 11.9 Å². The minimum atomic E-state index is -1.08. The molecule has 0 saturated heterocycles. The van der Waals surface area contributed by atoms with Gasteiger partial charge in [0.1, 0.15) is 4.33 Å². The first-order chi connectivity index (χ1) is 12.8. The van der Waals surface area contributed by atoms with Crippen LogP contribution in [0.25, 0.3) is 0 Å². The van der Waals surface area contributed by atoms with Crippen molar-refractivity contribution in [2.45, 2.75) is 4.33 Å². The number of carbonyl (C=O) groups excluding carboxylic acids is 2. The van der Waals surface area contributed by atoms with E-state index in [0.29, 0.717) is 11.1 Å². The lowest BCUT2D eigenvalue weighted by atomic mass is 10.2. The smallest absolute Gasteiger partial charge is 0.338 e. The summed E-state index contributed by atoms with van der Waals surface area (Å²) >= 11 is 19.1. The van der Waals surface area contributed by atoms with Crippen LogP contribution >= 0.6 is 55.1 Å². The van der Waals surface area contributed by atoms with E-state index < -0.39 is 16.3 Å². The largest absolute Gasteiger partial charge is 0.462 e. The van der Waals surface area contributed by atoms with Crippen LogP contribution in [0.3, 0.4) is 0 Å². The second-order valence-electron chi connectivity index (χ2n) is 6.10. The second-order valence-corrected chi connectivity index (χ2v) is 9.37. The van der Waals surface area contributed by atoms with E-state index in [-0.39, 0.29) is 25.0 Å². The molecule has 0 radical (unpaired) electrons. The van der Waals surface area contributed by atoms with Crippen LogP contribution in [0.1, 0.15) is 20.7 Å². The molecule has 0 heterocycles. The van der Waals surface area contributed by atoms with Gasteiger partial charge in [-0.3, -0.25) is 0 Å². The number of rotatable bonds is 6. The summed E-state index contributed by atoms with van der Waals surface area (Å²) in [6.45, 7) is 0.116. The number of esters is 2. The molecule has 0 N–H and O–H groups in total. The van der Waals surface area contributed by atoms with E-state index in [1.807, 2.05) is 0 Å². The molecule has 2 aromatic carbocycles. The average molecular weight is 537 g/mol. The van der Waals surface area contributed by atoms with E-state index in [1.165, 1.54) is 0 Å². The van der Waals surface area contributed by atoms with Crippen molar-refractivity contribution in [3.05, 3.63) is 68.6 Å². The van der Waals surface area contributed by atoms with Crippen molar-refractivity contribution in [1.29, 1.82) is 0 Å². The number of halogens is 4. The molecule has 0 spiro atoms. The minimum absolute atomic E-state index is 0.0579. The Kier molecular flexibility index (Phi) is 6.51. The first-order valence-electron chi connectivity index (χ1n) is 8.02. The molecule has 0 amide bonds. The third-order valence-corrected chi connectivity index (χ3v) is 6.49. The fraction of sp³-hybridized carbons (Fsp3) is 0.263. The summed E-state index contributed by atoms with van der Waals surface area (Å²) in [6.07, 6.45) is 0. The van der Waals surface area contributed by atoms with Gasteiger partial charge in [-0.1, -0.05) is 31.9 Å². The molecule has 2 aromatic rings. The van der Waals surface area contributed by atoms with E-state index in [4.69, 9.17) is 32.7 Å². The zero-order chi connectivity index (χ0) is 19.6. The van der Waals surface area contributed by atoms with Gasteiger partial charge in [0.15, 0.2) is 0 Å². The molecule has 1 saturated carbocycles. The molecule has 2 atom stereocenters. The van der Waals surface area contributed by atoms with Crippen molar-refractivity contribution in [3.63, 3.8) is 0 Å². The molecule has 4 nitrogen and oxygen atoms in total. The first kappa shape index (κ1) is 20.6. The van der Waals surface area contributed by atoms with Crippen LogP contribution in [0.4, 0.5) is 0 Å². The van der Waals surface area contributed by atoms with Gasteiger partial charge in [0.2, 0.25) is 0 Å². The molecular weight excluding hydrogens is 523 g/mol. The number of ether oxygens (including phenoxy) is 2. The number of hydrogen-bond acceptors (Lipinski definition) is 4. The molecule has 8 heteroatoms. The topological polar surface area (TPSA) is 52.6 Å². The second kappa shape index (κ2) is 8.52. The molecule has 3 rings (SSSR count). The Labute approximate surface area is 183 Å². The summed E-state index contributed by atoms with van der Waals surface area (Å²) < 4.78 is 11.2. The van der Waals surface area contributed by atoms with Crippen molar-refractivity contribution in [3.8, 4) is 0 Å². The van der Waals surface area contributed by atoms with Gasteiger partial charge in [-0.2, -0.15) is 0 Å². The Morgan fingerprint density at radius 2 is 1.11 bits per heavy atom. The molecule has 0 bridgehead atoms. The standard InChI is InChI=1S/C19H14Br2Cl2O4/c20-13-5-1-11(2-6-13)17(24)26-9-15-16(19(15,22)23)10-27-18(25)12-3-7-14(21)8-4-12/h1-8,15-16H,9-10H2/t15-,16-/m0/s1. The molecule has 0 aliphatic heterocycles. The monoisotopic (exact) mass is 534 g/mol. The van der Waals surface area contributed by atoms with Gasteiger partial charge in [-0.15, -0.1) is 23.2 Å². The van der Waals surface area contributed by atoms with Gasteiger partial charge in [-0.25, -0.2) is 9.59 Å². The average Bonchev–Trinajstić information content (AvgIpc) is 3.18. The Balaban J connectivity index is 1.49. The van der Waals surface area contributed by atoms with E-state index >= 15 is 0 Å². The van der Waals surface area contributed by atoms with Crippen molar-refractivity contribution in [1.82, 2.24) is 0 Å². The molecule has 1 aliphatic rings. The van der Waals surface area contributed by atoms with Crippen molar-refractivity contribution in [2.75, 3.05) is 13.2 Å². The molecule has 1 aliphatic carbocycles. The predicted molar refractivity (Wildman–Crippen MR) is 110 cm³/mol. The zero-order valence-corrected chi connectivity index (χ0v) is 18.5. The maximum Gasteiger partial charge on any atom is 0.338 e. The Morgan fingerprint density at radius 3 is 1.44 bits per heavy atom. The van der Waals surface area contributed by atoms with Crippen LogP contribution in [0, 0.1) is 11.8 Å². The summed E-state index contributed by atoms with van der Waals surface area (Å²) in [6, 6.07) is 13.7. The summed E-state index contributed by atoms with van der Waals surface area (Å²) in [4.78, 5) is 24.1. The van der Waals surface area contributed by atoms with Crippen LogP contribution in [-0.2, 0) is 9.47 Å². The van der Waals surface area contributed by atoms with E-state index in [2.05, 4.69) is 31.9 Å². The lowest BCUT2D eigenvalue weighted by Gasteiger charge is -2.05. The van der Waals surface area contributed by atoms with Gasteiger partial charge in [0.25, 0.3) is 0 Å². The quantitative estimate of drug-likeness (QED) is 0.354. The third-order valence-electron chi connectivity index (χ3n) is 4.31. The van der Waals surface area contributed by atoms with Crippen LogP contribution in [0.5, 0.6) is 0 Å². The van der Waals surface area contributed by atoms with Gasteiger partial charge in [0, 0.05) is 20.8 Å². The summed E-state index contributed by atoms with van der Waals surface area (Å²) in [5, 5.41) is 0. The summed E-state index contributed by atoms with van der Waals surface area (Å²) in [7, 11) is 0. The Morgan fingerprint density at radius 1 is 0.778 bits per heavy atom. The fourth-order valence-corrected chi connectivity index (χ4v) is 3.85. The predicted octanol–water partition coefficient (Wildman–Crippen LogP) is 5.65. The van der Waals surface area contributed by atoms with Crippen LogP contribution < -0.4 is 0 Å². The number of benzene rings is 2. The number of carbonyl (C=O) groups is 2. The lowest BCUT2D eigenvalue weighted by molar-refractivity contribution is 0.0419. The third kappa shape index (κ3) is 5.05. The van der Waals surface area contributed by atoms with Crippen LogP contribution in [-0.4, -0.2) is 29.5 Å². The highest BCUT2D eigenvalue weighted by Gasteiger charge is 2.64. The highest BCUT2D eigenvalue weighted by Crippen LogP contribution is 2.59. The molecule has 0 aromatic heterocycles. The molecule has 1 fully saturated rings. The Hall–Kier alpha value is -1.08. The fourth-order valence-electron chi connectivity index (χ4n) is 2.58. The number of hydrogen-bond donors (Lipinski definition) is 0. The number of alkyl halides is 2. The molecule has 27 heavy (non-hydrogen) atoms. The van der Waals surface area contributed by atoms with E-state index in [0.717, 1.165) is 8.95 Å². The van der Waals surface area contributed by atoms with Gasteiger partial charge in [-0.05, 0) is 48.5 Å². The van der Waals surface area contributed by atoms with Crippen molar-refractivity contribution < 1.29 is 19.1 Å². The summed E-state index contributed by atoms with van der Waals surface area (Å²) in [5.41, 5.74) is 0.874. The van der Waals surface area contributed by atoms with Crippen LogP contribution in [0.2, 0.25) is 0 Å². The molecule has 0 unspecified atom stereocenters. The first-order valence-corrected chi connectivity index (χ1v) is 10.4. The van der Waals surface area contributed by atoms with Gasteiger partial charge in [0.05, 0.1) is 24.3 Å². The minimum Gasteiger partial charge on any atom is -0.462 e. The maximum atomic E-state index is 12.1. The van der Waals surface area contributed by atoms with E-state index in [9.17, 15) is 9.59 Å². The van der Waals surface area contributed by atoms with Crippen LogP contribution in [0.15, 0.2) is 57.5 Å². The van der Waals surface area contributed by atoms with E-state index in [1.54, 1.807) is 48.5 Å². The lowest BCUT2D eigenvalue weighted by Crippen LogP contribution is -2.11. The maximum absolute atomic E-state index is 12.1. The zero-order valence-electron chi connectivity index (χ0n) is 13.8. The summed E-state index contributed by atoms with van der Waals surface area (Å²) in [5.74, 6) is -1.50. The van der Waals surface area contributed by atoms with Crippen molar-refractivity contribution in [2.24, 2.45) is 11.8 Å². The molecular formula is C19H14Br2Cl2O4. The highest BCUT2D eigenvalue weighted by atomic mass is 79.9. The normalized spacial score (nSPS) is 20.0. The molecule has 142 valence electrons.